The fourth-order valence-electron chi connectivity index (χ4n) is 4.48. The molecule has 0 bridgehead atoms. The van der Waals surface area contributed by atoms with Gasteiger partial charge in [0.2, 0.25) is 4.77 Å². The van der Waals surface area contributed by atoms with Gasteiger partial charge in [-0.2, -0.15) is 14.9 Å². The Labute approximate surface area is 204 Å². The van der Waals surface area contributed by atoms with Crippen LogP contribution in [0.25, 0.3) is 16.5 Å². The highest BCUT2D eigenvalue weighted by Crippen LogP contribution is 2.23. The van der Waals surface area contributed by atoms with E-state index in [4.69, 9.17) is 17.3 Å². The summed E-state index contributed by atoms with van der Waals surface area (Å²) < 4.78 is 4.47. The monoisotopic (exact) mass is 465 g/mol. The van der Waals surface area contributed by atoms with Crippen LogP contribution in [0.2, 0.25) is 0 Å². The van der Waals surface area contributed by atoms with E-state index in [1.165, 1.54) is 27.5 Å². The third-order valence-corrected chi connectivity index (χ3v) is 6.74. The molecular weight excluding hydrogens is 438 g/mol. The molecular formula is C28H27N5S. The molecule has 5 aromatic rings. The molecule has 1 N–H and O–H groups in total. The molecule has 0 radical (unpaired) electrons. The zero-order valence-corrected chi connectivity index (χ0v) is 20.6. The summed E-state index contributed by atoms with van der Waals surface area (Å²) in [4.78, 5) is 0. The van der Waals surface area contributed by atoms with Gasteiger partial charge in [-0.05, 0) is 85.6 Å². The van der Waals surface area contributed by atoms with E-state index in [-0.39, 0.29) is 0 Å². The minimum atomic E-state index is 0.481. The first-order valence-electron chi connectivity index (χ1n) is 11.4. The van der Waals surface area contributed by atoms with E-state index in [1.807, 2.05) is 6.21 Å². The lowest BCUT2D eigenvalue weighted by Crippen LogP contribution is -2.02. The van der Waals surface area contributed by atoms with Crippen LogP contribution in [0.4, 0.5) is 0 Å². The van der Waals surface area contributed by atoms with Gasteiger partial charge in [0, 0.05) is 29.1 Å². The van der Waals surface area contributed by atoms with Crippen LogP contribution in [-0.4, -0.2) is 25.7 Å². The number of aromatic amines is 1. The highest BCUT2D eigenvalue weighted by atomic mass is 32.1. The Balaban J connectivity index is 1.49. The van der Waals surface area contributed by atoms with Gasteiger partial charge in [0.1, 0.15) is 0 Å². The second-order valence-corrected chi connectivity index (χ2v) is 9.13. The first-order valence-corrected chi connectivity index (χ1v) is 11.8. The van der Waals surface area contributed by atoms with Crippen LogP contribution < -0.4 is 0 Å². The Kier molecular flexibility index (Phi) is 5.75. The van der Waals surface area contributed by atoms with Crippen LogP contribution in [0.15, 0.2) is 71.8 Å². The first kappa shape index (κ1) is 22.0. The van der Waals surface area contributed by atoms with Crippen LogP contribution in [0.1, 0.15) is 39.5 Å². The van der Waals surface area contributed by atoms with Crippen molar-refractivity contribution in [3.8, 4) is 5.69 Å². The highest BCUT2D eigenvalue weighted by molar-refractivity contribution is 7.71. The number of H-pyrrole nitrogens is 1. The van der Waals surface area contributed by atoms with Crippen molar-refractivity contribution in [3.05, 3.63) is 111 Å². The summed E-state index contributed by atoms with van der Waals surface area (Å²) in [6, 6.07) is 23.4. The number of nitrogens with one attached hydrogen (secondary N) is 1. The lowest BCUT2D eigenvalue weighted by molar-refractivity contribution is 0.793. The Morgan fingerprint density at radius 3 is 2.56 bits per heavy atom. The van der Waals surface area contributed by atoms with Gasteiger partial charge in [-0.3, -0.25) is 5.10 Å². The van der Waals surface area contributed by atoms with Gasteiger partial charge in [-0.1, -0.05) is 48.5 Å². The second kappa shape index (κ2) is 8.88. The normalized spacial score (nSPS) is 11.6. The Morgan fingerprint density at radius 2 is 1.74 bits per heavy atom. The number of fused-ring (bicyclic) bond motifs is 1. The fraction of sp³-hybridized carbons (Fsp3) is 0.179. The molecule has 5 rings (SSSR count). The van der Waals surface area contributed by atoms with Crippen molar-refractivity contribution >= 4 is 29.2 Å². The molecule has 0 fully saturated rings. The number of hydrogen-bond donors (Lipinski definition) is 1. The van der Waals surface area contributed by atoms with Crippen molar-refractivity contribution in [2.75, 3.05) is 0 Å². The van der Waals surface area contributed by atoms with E-state index in [9.17, 15) is 0 Å². The smallest absolute Gasteiger partial charge is 0.216 e. The molecule has 0 aliphatic heterocycles. The standard InChI is InChI=1S/C28H27N5S/c1-18-12-13-25(14-19(18)2)32-20(3)15-24(21(32)4)17-29-33-27(30-31-28(33)34)16-23-10-7-9-22-8-5-6-11-26(22)23/h5-15,17H,16H2,1-4H3,(H,31,34)/b29-17+. The van der Waals surface area contributed by atoms with Gasteiger partial charge < -0.3 is 4.57 Å². The third kappa shape index (κ3) is 4.01. The molecule has 34 heavy (non-hydrogen) atoms. The van der Waals surface area contributed by atoms with Crippen molar-refractivity contribution < 1.29 is 0 Å². The van der Waals surface area contributed by atoms with Crippen LogP contribution in [-0.2, 0) is 6.42 Å². The van der Waals surface area contributed by atoms with Gasteiger partial charge in [0.15, 0.2) is 5.82 Å². The lowest BCUT2D eigenvalue weighted by Gasteiger charge is -2.11. The van der Waals surface area contributed by atoms with Crippen LogP contribution in [0.3, 0.4) is 0 Å². The van der Waals surface area contributed by atoms with Gasteiger partial charge in [-0.15, -0.1) is 0 Å². The van der Waals surface area contributed by atoms with Gasteiger partial charge >= 0.3 is 0 Å². The van der Waals surface area contributed by atoms with Crippen molar-refractivity contribution in [1.29, 1.82) is 0 Å². The molecule has 0 spiro atoms. The summed E-state index contributed by atoms with van der Waals surface area (Å²) in [5.74, 6) is 0.778. The molecule has 5 nitrogen and oxygen atoms in total. The van der Waals surface area contributed by atoms with E-state index in [0.717, 1.165) is 28.5 Å². The number of hydrogen-bond acceptors (Lipinski definition) is 3. The van der Waals surface area contributed by atoms with E-state index < -0.39 is 0 Å². The van der Waals surface area contributed by atoms with E-state index in [0.29, 0.717) is 11.2 Å². The van der Waals surface area contributed by atoms with E-state index >= 15 is 0 Å². The highest BCUT2D eigenvalue weighted by Gasteiger charge is 2.12. The average Bonchev–Trinajstić information content (AvgIpc) is 3.32. The predicted octanol–water partition coefficient (Wildman–Crippen LogP) is 6.59. The second-order valence-electron chi connectivity index (χ2n) is 8.75. The minimum Gasteiger partial charge on any atom is -0.318 e. The molecule has 170 valence electrons. The summed E-state index contributed by atoms with van der Waals surface area (Å²) in [6.45, 7) is 8.52. The van der Waals surface area contributed by atoms with Crippen LogP contribution in [0.5, 0.6) is 0 Å². The van der Waals surface area contributed by atoms with Gasteiger partial charge in [0.05, 0.1) is 6.21 Å². The summed E-state index contributed by atoms with van der Waals surface area (Å²) in [7, 11) is 0. The molecule has 2 heterocycles. The Hall–Kier alpha value is -3.77. The fourth-order valence-corrected chi connectivity index (χ4v) is 4.67. The molecule has 0 amide bonds. The SMILES string of the molecule is Cc1ccc(-n2c(C)cc(/C=N/n3c(Cc4cccc5ccccc45)n[nH]c3=S)c2C)cc1C. The summed E-state index contributed by atoms with van der Waals surface area (Å²) >= 11 is 5.49. The van der Waals surface area contributed by atoms with Crippen molar-refractivity contribution in [2.24, 2.45) is 5.10 Å². The number of aromatic nitrogens is 4. The predicted molar refractivity (Wildman–Crippen MR) is 142 cm³/mol. The summed E-state index contributed by atoms with van der Waals surface area (Å²) in [6.07, 6.45) is 2.51. The summed E-state index contributed by atoms with van der Waals surface area (Å²) in [5, 5.41) is 14.5. The summed E-state index contributed by atoms with van der Waals surface area (Å²) in [5.41, 5.74) is 8.27. The molecule has 0 aliphatic rings. The first-order chi connectivity index (χ1) is 16.4. The number of benzene rings is 3. The molecule has 0 saturated heterocycles. The largest absolute Gasteiger partial charge is 0.318 e. The molecule has 3 aromatic carbocycles. The van der Waals surface area contributed by atoms with Crippen LogP contribution in [0, 0.1) is 32.5 Å². The molecule has 6 heteroatoms. The maximum Gasteiger partial charge on any atom is 0.216 e. The number of rotatable bonds is 5. The zero-order valence-electron chi connectivity index (χ0n) is 19.8. The van der Waals surface area contributed by atoms with Crippen molar-refractivity contribution in [2.45, 2.75) is 34.1 Å². The topological polar surface area (TPSA) is 50.9 Å². The third-order valence-electron chi connectivity index (χ3n) is 6.48. The van der Waals surface area contributed by atoms with E-state index in [1.54, 1.807) is 4.68 Å². The minimum absolute atomic E-state index is 0.481. The molecule has 2 aromatic heterocycles. The quantitative estimate of drug-likeness (QED) is 0.235. The Bertz CT molecular complexity index is 1590. The van der Waals surface area contributed by atoms with Crippen molar-refractivity contribution in [3.63, 3.8) is 0 Å². The lowest BCUT2D eigenvalue weighted by atomic mass is 10.0. The zero-order chi connectivity index (χ0) is 23.8. The number of nitrogens with zero attached hydrogens (tertiary/aromatic N) is 4. The van der Waals surface area contributed by atoms with Gasteiger partial charge in [-0.25, -0.2) is 0 Å². The van der Waals surface area contributed by atoms with E-state index in [2.05, 4.69) is 109 Å². The number of aryl methyl sites for hydroxylation is 3. The van der Waals surface area contributed by atoms with Crippen molar-refractivity contribution in [1.82, 2.24) is 19.4 Å². The Morgan fingerprint density at radius 1 is 0.941 bits per heavy atom. The maximum absolute atomic E-state index is 5.49. The molecule has 0 aliphatic carbocycles. The maximum atomic E-state index is 5.49. The molecule has 0 atom stereocenters. The molecule has 0 unspecified atom stereocenters. The molecule has 0 saturated carbocycles. The van der Waals surface area contributed by atoms with Gasteiger partial charge in [0.25, 0.3) is 0 Å². The van der Waals surface area contributed by atoms with Crippen LogP contribution >= 0.6 is 12.2 Å². The average molecular weight is 466 g/mol.